The van der Waals surface area contributed by atoms with Crippen LogP contribution >= 0.6 is 35.7 Å². The maximum Gasteiger partial charge on any atom is 0.133 e. The summed E-state index contributed by atoms with van der Waals surface area (Å²) >= 11 is 8.10. The van der Waals surface area contributed by atoms with Crippen molar-refractivity contribution in [3.05, 3.63) is 0 Å². The van der Waals surface area contributed by atoms with Gasteiger partial charge in [-0.2, -0.15) is 0 Å². The maximum absolute atomic E-state index is 5.31. The zero-order valence-electron chi connectivity index (χ0n) is 4.79. The van der Waals surface area contributed by atoms with Crippen LogP contribution < -0.4 is 11.1 Å². The van der Waals surface area contributed by atoms with Gasteiger partial charge in [-0.05, 0) is 0 Å². The molecule has 0 bridgehead atoms. The Morgan fingerprint density at radius 3 is 3.11 bits per heavy atom. The van der Waals surface area contributed by atoms with Gasteiger partial charge in [-0.3, -0.25) is 5.32 Å². The van der Waals surface area contributed by atoms with Crippen molar-refractivity contribution < 1.29 is 0 Å². The first kappa shape index (κ1) is 7.65. The zero-order valence-corrected chi connectivity index (χ0v) is 7.24. The van der Waals surface area contributed by atoms with Crippen molar-refractivity contribution in [2.45, 2.75) is 4.71 Å². The summed E-state index contributed by atoms with van der Waals surface area (Å²) in [6.45, 7) is 1.07. The molecule has 5 heteroatoms. The largest absolute Gasteiger partial charge is 0.385 e. The summed E-state index contributed by atoms with van der Waals surface area (Å²) in [5.41, 5.74) is 5.31. The highest BCUT2D eigenvalue weighted by atomic mass is 32.2. The Balaban J connectivity index is 2.19. The Bertz CT molecular complexity index is 110. The molecule has 2 nitrogen and oxygen atoms in total. The van der Waals surface area contributed by atoms with E-state index in [1.54, 1.807) is 0 Å². The number of nitrogens with two attached hydrogens (primary N) is 1. The molecule has 0 amide bonds. The van der Waals surface area contributed by atoms with Crippen LogP contribution in [0.2, 0.25) is 0 Å². The average molecular weight is 180 g/mol. The number of nitrogens with one attached hydrogen (secondary N) is 1. The van der Waals surface area contributed by atoms with Crippen molar-refractivity contribution in [3.63, 3.8) is 0 Å². The summed E-state index contributed by atoms with van der Waals surface area (Å²) in [5, 5.41) is 3.25. The summed E-state index contributed by atoms with van der Waals surface area (Å²) < 4.78 is 0.935. The molecule has 1 heterocycles. The van der Waals surface area contributed by atoms with Crippen LogP contribution in [0.15, 0.2) is 0 Å². The monoisotopic (exact) mass is 180 g/mol. The Kier molecular flexibility index (Phi) is 3.11. The summed E-state index contributed by atoms with van der Waals surface area (Å²) in [4.78, 5) is 0. The van der Waals surface area contributed by atoms with E-state index in [1.165, 1.54) is 17.5 Å². The molecular formula is C4H8N2S3. The van der Waals surface area contributed by atoms with Crippen molar-refractivity contribution in [1.29, 1.82) is 0 Å². The third-order valence-electron chi connectivity index (χ3n) is 0.905. The molecule has 1 fully saturated rings. The fourth-order valence-electron chi connectivity index (χ4n) is 0.583. The van der Waals surface area contributed by atoms with Gasteiger partial charge in [-0.15, -0.1) is 11.8 Å². The highest BCUT2D eigenvalue weighted by Gasteiger charge is 2.15. The summed E-state index contributed by atoms with van der Waals surface area (Å²) in [6, 6.07) is 0. The van der Waals surface area contributed by atoms with Crippen LogP contribution in [0.5, 0.6) is 0 Å². The second-order valence-corrected chi connectivity index (χ2v) is 4.95. The second kappa shape index (κ2) is 3.65. The molecule has 1 rings (SSSR count). The van der Waals surface area contributed by atoms with Crippen LogP contribution in [0.1, 0.15) is 0 Å². The van der Waals surface area contributed by atoms with E-state index in [2.05, 4.69) is 5.32 Å². The molecule has 1 unspecified atom stereocenters. The van der Waals surface area contributed by atoms with Gasteiger partial charge in [0, 0.05) is 12.3 Å². The predicted octanol–water partition coefficient (Wildman–Crippen LogP) is 0.583. The summed E-state index contributed by atoms with van der Waals surface area (Å²) in [6.07, 6.45) is 0. The molecule has 0 saturated carbocycles. The first-order valence-electron chi connectivity index (χ1n) is 2.60. The molecule has 0 aliphatic carbocycles. The minimum atomic E-state index is 0.405. The standard InChI is InChI=1S/C4H8N2S3/c5-3(7)9-4-6-1-2-8-4/h4,6H,1-2H2,(H2,5,7). The highest BCUT2D eigenvalue weighted by Crippen LogP contribution is 2.24. The molecule has 1 atom stereocenters. The predicted molar refractivity (Wildman–Crippen MR) is 48.6 cm³/mol. The van der Waals surface area contributed by atoms with Gasteiger partial charge in [0.05, 0.1) is 0 Å². The molecule has 1 aliphatic rings. The smallest absolute Gasteiger partial charge is 0.133 e. The molecule has 0 spiro atoms. The molecule has 0 aromatic carbocycles. The third kappa shape index (κ3) is 2.75. The van der Waals surface area contributed by atoms with Crippen molar-refractivity contribution in [2.75, 3.05) is 12.3 Å². The van der Waals surface area contributed by atoms with E-state index in [1.807, 2.05) is 11.8 Å². The van der Waals surface area contributed by atoms with Gasteiger partial charge in [-0.25, -0.2) is 0 Å². The van der Waals surface area contributed by atoms with Crippen molar-refractivity contribution in [3.8, 4) is 0 Å². The molecule has 52 valence electrons. The van der Waals surface area contributed by atoms with Gasteiger partial charge in [-0.1, -0.05) is 24.0 Å². The third-order valence-corrected chi connectivity index (χ3v) is 3.41. The van der Waals surface area contributed by atoms with Crippen molar-refractivity contribution in [1.82, 2.24) is 5.32 Å². The van der Waals surface area contributed by atoms with E-state index in [9.17, 15) is 0 Å². The lowest BCUT2D eigenvalue weighted by Crippen LogP contribution is -2.19. The Hall–Kier alpha value is 0.550. The van der Waals surface area contributed by atoms with Crippen LogP contribution in [-0.4, -0.2) is 21.3 Å². The molecule has 0 radical (unpaired) electrons. The van der Waals surface area contributed by atoms with Gasteiger partial charge in [0.1, 0.15) is 9.03 Å². The van der Waals surface area contributed by atoms with Crippen molar-refractivity contribution >= 4 is 40.1 Å². The molecule has 9 heavy (non-hydrogen) atoms. The van der Waals surface area contributed by atoms with Gasteiger partial charge in [0.2, 0.25) is 0 Å². The summed E-state index contributed by atoms with van der Waals surface area (Å²) in [5.74, 6) is 1.17. The lowest BCUT2D eigenvalue weighted by atomic mass is 10.8. The van der Waals surface area contributed by atoms with E-state index >= 15 is 0 Å². The number of thioether (sulfide) groups is 2. The zero-order chi connectivity index (χ0) is 6.69. The Labute approximate surface area is 68.3 Å². The van der Waals surface area contributed by atoms with E-state index in [4.69, 9.17) is 18.0 Å². The molecular weight excluding hydrogens is 172 g/mol. The van der Waals surface area contributed by atoms with Crippen LogP contribution in [0.25, 0.3) is 0 Å². The average Bonchev–Trinajstić information content (AvgIpc) is 2.15. The topological polar surface area (TPSA) is 38.0 Å². The van der Waals surface area contributed by atoms with Gasteiger partial charge in [0.15, 0.2) is 0 Å². The number of thiocarbonyl (C=S) groups is 1. The first-order chi connectivity index (χ1) is 4.29. The van der Waals surface area contributed by atoms with E-state index < -0.39 is 0 Å². The normalized spacial score (nSPS) is 26.4. The van der Waals surface area contributed by atoms with Gasteiger partial charge < -0.3 is 5.73 Å². The van der Waals surface area contributed by atoms with E-state index in [0.29, 0.717) is 9.03 Å². The minimum Gasteiger partial charge on any atom is -0.385 e. The fraction of sp³-hybridized carbons (Fsp3) is 0.750. The highest BCUT2D eigenvalue weighted by molar-refractivity contribution is 8.30. The van der Waals surface area contributed by atoms with Crippen molar-refractivity contribution in [2.24, 2.45) is 5.73 Å². The molecule has 0 aromatic heterocycles. The van der Waals surface area contributed by atoms with Gasteiger partial charge >= 0.3 is 0 Å². The van der Waals surface area contributed by atoms with Gasteiger partial charge in [0.25, 0.3) is 0 Å². The van der Waals surface area contributed by atoms with E-state index in [-0.39, 0.29) is 0 Å². The second-order valence-electron chi connectivity index (χ2n) is 1.59. The quantitative estimate of drug-likeness (QED) is 0.578. The SMILES string of the molecule is NC(=S)SC1NCCS1. The molecule has 3 N–H and O–H groups in total. The maximum atomic E-state index is 5.31. The fourth-order valence-corrected chi connectivity index (χ4v) is 3.02. The van der Waals surface area contributed by atoms with Crippen LogP contribution in [0.3, 0.4) is 0 Å². The molecule has 1 saturated heterocycles. The lowest BCUT2D eigenvalue weighted by Gasteiger charge is -2.04. The summed E-state index contributed by atoms with van der Waals surface area (Å²) in [7, 11) is 0. The Morgan fingerprint density at radius 1 is 1.89 bits per heavy atom. The minimum absolute atomic E-state index is 0.405. The molecule has 0 aromatic rings. The first-order valence-corrected chi connectivity index (χ1v) is 4.94. The van der Waals surface area contributed by atoms with Crippen LogP contribution in [0.4, 0.5) is 0 Å². The lowest BCUT2D eigenvalue weighted by molar-refractivity contribution is 0.856. The van der Waals surface area contributed by atoms with E-state index in [0.717, 1.165) is 6.54 Å². The van der Waals surface area contributed by atoms with Crippen LogP contribution in [0, 0.1) is 0 Å². The Morgan fingerprint density at radius 2 is 2.67 bits per heavy atom. The number of rotatable bonds is 1. The van der Waals surface area contributed by atoms with Crippen LogP contribution in [-0.2, 0) is 0 Å². The number of hydrogen-bond donors (Lipinski definition) is 2. The molecule has 1 aliphatic heterocycles. The number of hydrogen-bond acceptors (Lipinski definition) is 4.